The van der Waals surface area contributed by atoms with Crippen LogP contribution in [0.5, 0.6) is 11.5 Å². The van der Waals surface area contributed by atoms with Gasteiger partial charge in [-0.2, -0.15) is 0 Å². The molecule has 28 heavy (non-hydrogen) atoms. The van der Waals surface area contributed by atoms with Crippen LogP contribution >= 0.6 is 0 Å². The minimum atomic E-state index is -0.747. The fraction of sp³-hybridized carbons (Fsp3) is 0.350. The van der Waals surface area contributed by atoms with Gasteiger partial charge in [0.05, 0.1) is 18.8 Å². The predicted octanol–water partition coefficient (Wildman–Crippen LogP) is 1.88. The molecule has 0 unspecified atom stereocenters. The smallest absolute Gasteiger partial charge is 0.274 e. The van der Waals surface area contributed by atoms with Gasteiger partial charge < -0.3 is 20.1 Å². The van der Waals surface area contributed by atoms with Gasteiger partial charge in [-0.05, 0) is 32.0 Å². The third kappa shape index (κ3) is 3.16. The molecule has 8 nitrogen and oxygen atoms in total. The van der Waals surface area contributed by atoms with Gasteiger partial charge in [0.25, 0.3) is 5.91 Å². The molecule has 0 bridgehead atoms. The molecule has 1 aliphatic rings. The Hall–Kier alpha value is -3.13. The summed E-state index contributed by atoms with van der Waals surface area (Å²) in [7, 11) is 1.62. The van der Waals surface area contributed by atoms with Crippen LogP contribution in [0.2, 0.25) is 0 Å². The maximum Gasteiger partial charge on any atom is 0.274 e. The number of fused-ring (bicyclic) bond motifs is 2. The zero-order valence-electron chi connectivity index (χ0n) is 16.2. The second-order valence-electron chi connectivity index (χ2n) is 7.17. The highest BCUT2D eigenvalue weighted by Crippen LogP contribution is 2.28. The van der Waals surface area contributed by atoms with E-state index in [-0.39, 0.29) is 11.6 Å². The minimum Gasteiger partial charge on any atom is -0.494 e. The lowest BCUT2D eigenvalue weighted by molar-refractivity contribution is 0.0898. The first-order chi connectivity index (χ1) is 13.5. The number of hydrogen-bond acceptors (Lipinski definition) is 6. The summed E-state index contributed by atoms with van der Waals surface area (Å²) in [6.07, 6.45) is 5.27. The van der Waals surface area contributed by atoms with E-state index in [4.69, 9.17) is 9.47 Å². The molecule has 0 spiro atoms. The van der Waals surface area contributed by atoms with Gasteiger partial charge in [0.2, 0.25) is 0 Å². The third-order valence-electron chi connectivity index (χ3n) is 4.78. The van der Waals surface area contributed by atoms with Crippen LogP contribution in [0, 0.1) is 0 Å². The van der Waals surface area contributed by atoms with Crippen LogP contribution in [0.25, 0.3) is 5.52 Å². The van der Waals surface area contributed by atoms with E-state index in [1.165, 1.54) is 0 Å². The van der Waals surface area contributed by atoms with E-state index < -0.39 is 5.54 Å². The molecule has 2 N–H and O–H groups in total. The van der Waals surface area contributed by atoms with Crippen molar-refractivity contribution in [2.24, 2.45) is 0 Å². The van der Waals surface area contributed by atoms with Crippen LogP contribution in [0.1, 0.15) is 35.7 Å². The Kier molecular flexibility index (Phi) is 4.64. The van der Waals surface area contributed by atoms with Gasteiger partial charge >= 0.3 is 0 Å². The molecule has 4 rings (SSSR count). The molecular formula is C20H23N5O3. The maximum atomic E-state index is 13.1. The lowest BCUT2D eigenvalue weighted by atomic mass is 10.0. The molecule has 3 aromatic rings. The Balaban J connectivity index is 1.67. The van der Waals surface area contributed by atoms with Gasteiger partial charge in [-0.1, -0.05) is 0 Å². The monoisotopic (exact) mass is 381 g/mol. The van der Waals surface area contributed by atoms with Crippen molar-refractivity contribution in [3.8, 4) is 11.5 Å². The first-order valence-electron chi connectivity index (χ1n) is 9.16. The Morgan fingerprint density at radius 2 is 2.21 bits per heavy atom. The average molecular weight is 381 g/mol. The standard InChI is InChI=1S/C20H23N5O3/c1-20(2,19-23-12-14-15(27-3)5-4-9-25(14)19)24-18(26)16-17-13(6-7-22-16)11-21-8-10-28-17/h4-7,9,12,21H,8,10-11H2,1-3H3,(H,24,26). The largest absolute Gasteiger partial charge is 0.494 e. The number of nitrogens with one attached hydrogen (secondary N) is 2. The molecule has 1 amide bonds. The van der Waals surface area contributed by atoms with Gasteiger partial charge in [0.15, 0.2) is 11.4 Å². The van der Waals surface area contributed by atoms with Crippen molar-refractivity contribution in [3.05, 3.63) is 53.9 Å². The van der Waals surface area contributed by atoms with E-state index in [0.717, 1.165) is 23.4 Å². The number of amides is 1. The third-order valence-corrected chi connectivity index (χ3v) is 4.78. The molecule has 146 valence electrons. The molecule has 0 fully saturated rings. The van der Waals surface area contributed by atoms with Crippen molar-refractivity contribution in [3.63, 3.8) is 0 Å². The van der Waals surface area contributed by atoms with E-state index >= 15 is 0 Å². The van der Waals surface area contributed by atoms with Gasteiger partial charge in [-0.15, -0.1) is 0 Å². The average Bonchev–Trinajstić information content (AvgIpc) is 2.99. The summed E-state index contributed by atoms with van der Waals surface area (Å²) in [5.41, 5.74) is 1.30. The number of methoxy groups -OCH3 is 1. The SMILES string of the molecule is COc1cccn2c(C(C)(C)NC(=O)c3nccc4c3OCCNC4)ncc12. The van der Waals surface area contributed by atoms with Crippen LogP contribution in [-0.2, 0) is 12.1 Å². The van der Waals surface area contributed by atoms with Crippen molar-refractivity contribution < 1.29 is 14.3 Å². The molecule has 0 saturated heterocycles. The van der Waals surface area contributed by atoms with Gasteiger partial charge in [-0.3, -0.25) is 9.20 Å². The number of rotatable bonds is 4. The van der Waals surface area contributed by atoms with Crippen molar-refractivity contribution in [2.45, 2.75) is 25.9 Å². The zero-order chi connectivity index (χ0) is 19.7. The molecule has 1 aliphatic heterocycles. The first kappa shape index (κ1) is 18.2. The van der Waals surface area contributed by atoms with Gasteiger partial charge in [0, 0.05) is 31.0 Å². The lowest BCUT2D eigenvalue weighted by Crippen LogP contribution is -2.43. The zero-order valence-corrected chi connectivity index (χ0v) is 16.2. The van der Waals surface area contributed by atoms with Crippen molar-refractivity contribution >= 4 is 11.4 Å². The number of hydrogen-bond donors (Lipinski definition) is 2. The molecule has 0 atom stereocenters. The number of aromatic nitrogens is 3. The summed E-state index contributed by atoms with van der Waals surface area (Å²) in [5.74, 6) is 1.65. The number of pyridine rings is 2. The highest BCUT2D eigenvalue weighted by Gasteiger charge is 2.31. The summed E-state index contributed by atoms with van der Waals surface area (Å²) in [4.78, 5) is 21.9. The fourth-order valence-corrected chi connectivity index (χ4v) is 3.43. The molecular weight excluding hydrogens is 358 g/mol. The summed E-state index contributed by atoms with van der Waals surface area (Å²) >= 11 is 0. The highest BCUT2D eigenvalue weighted by atomic mass is 16.5. The molecule has 8 heteroatoms. The van der Waals surface area contributed by atoms with E-state index in [2.05, 4.69) is 20.6 Å². The van der Waals surface area contributed by atoms with Crippen molar-refractivity contribution in [1.29, 1.82) is 0 Å². The molecule has 0 saturated carbocycles. The topological polar surface area (TPSA) is 89.8 Å². The van der Waals surface area contributed by atoms with Gasteiger partial charge in [0.1, 0.15) is 23.7 Å². The number of carbonyl (C=O) groups is 1. The van der Waals surface area contributed by atoms with Crippen molar-refractivity contribution in [1.82, 2.24) is 25.0 Å². The first-order valence-corrected chi connectivity index (χ1v) is 9.16. The van der Waals surface area contributed by atoms with Crippen LogP contribution in [0.4, 0.5) is 0 Å². The Morgan fingerprint density at radius 3 is 3.04 bits per heavy atom. The molecule has 0 radical (unpaired) electrons. The van der Waals surface area contributed by atoms with Gasteiger partial charge in [-0.25, -0.2) is 9.97 Å². The van der Waals surface area contributed by atoms with E-state index in [9.17, 15) is 4.79 Å². The van der Waals surface area contributed by atoms with Crippen LogP contribution in [0.15, 0.2) is 36.8 Å². The molecule has 0 aliphatic carbocycles. The Morgan fingerprint density at radius 1 is 1.36 bits per heavy atom. The summed E-state index contributed by atoms with van der Waals surface area (Å²) < 4.78 is 13.1. The number of carbonyl (C=O) groups excluding carboxylic acids is 1. The molecule has 0 aromatic carbocycles. The van der Waals surface area contributed by atoms with E-state index in [0.29, 0.717) is 24.7 Å². The maximum absolute atomic E-state index is 13.1. The fourth-order valence-electron chi connectivity index (χ4n) is 3.43. The normalized spacial score (nSPS) is 14.1. The quantitative estimate of drug-likeness (QED) is 0.717. The number of imidazole rings is 1. The molecule has 4 heterocycles. The van der Waals surface area contributed by atoms with Crippen LogP contribution < -0.4 is 20.1 Å². The lowest BCUT2D eigenvalue weighted by Gasteiger charge is -2.25. The number of nitrogens with zero attached hydrogens (tertiary/aromatic N) is 3. The minimum absolute atomic E-state index is 0.285. The van der Waals surface area contributed by atoms with Crippen molar-refractivity contribution in [2.75, 3.05) is 20.3 Å². The number of ether oxygens (including phenoxy) is 2. The summed E-state index contributed by atoms with van der Waals surface area (Å²) in [6, 6.07) is 5.62. The second-order valence-corrected chi connectivity index (χ2v) is 7.17. The predicted molar refractivity (Wildman–Crippen MR) is 104 cm³/mol. The van der Waals surface area contributed by atoms with E-state index in [1.54, 1.807) is 19.5 Å². The summed E-state index contributed by atoms with van der Waals surface area (Å²) in [6.45, 7) is 5.68. The summed E-state index contributed by atoms with van der Waals surface area (Å²) in [5, 5.41) is 6.31. The van der Waals surface area contributed by atoms with Crippen LogP contribution in [-0.4, -0.2) is 40.5 Å². The molecule has 3 aromatic heterocycles. The van der Waals surface area contributed by atoms with E-state index in [1.807, 2.05) is 42.6 Å². The highest BCUT2D eigenvalue weighted by molar-refractivity contribution is 5.95. The van der Waals surface area contributed by atoms with Crippen LogP contribution in [0.3, 0.4) is 0 Å². The second kappa shape index (κ2) is 7.12. The Bertz CT molecular complexity index is 1030. The Labute approximate surface area is 162 Å².